The van der Waals surface area contributed by atoms with Crippen molar-refractivity contribution in [2.75, 3.05) is 6.54 Å². The Morgan fingerprint density at radius 3 is 2.55 bits per heavy atom. The molecular formula is C17H23N3. The fourth-order valence-corrected chi connectivity index (χ4v) is 2.63. The average Bonchev–Trinajstić information content (AvgIpc) is 3.12. The summed E-state index contributed by atoms with van der Waals surface area (Å²) in [7, 11) is 0. The highest BCUT2D eigenvalue weighted by molar-refractivity contribution is 5.36. The summed E-state index contributed by atoms with van der Waals surface area (Å²) in [6.45, 7) is 8.64. The standard InChI is InChI=1S/C17H23N3/c1-13-16(11-18-12-17(3)9-10-17)14(2)20(19-13)15-7-5-4-6-8-15/h4-8,18H,9-12H2,1-3H3. The topological polar surface area (TPSA) is 29.9 Å². The molecule has 1 aliphatic rings. The number of hydrogen-bond donors (Lipinski definition) is 1. The number of hydrogen-bond acceptors (Lipinski definition) is 2. The van der Waals surface area contributed by atoms with Crippen LogP contribution >= 0.6 is 0 Å². The van der Waals surface area contributed by atoms with Gasteiger partial charge in [0, 0.05) is 24.3 Å². The monoisotopic (exact) mass is 269 g/mol. The van der Waals surface area contributed by atoms with Crippen LogP contribution in [0.2, 0.25) is 0 Å². The molecule has 0 radical (unpaired) electrons. The third-order valence-corrected chi connectivity index (χ3v) is 4.40. The quantitative estimate of drug-likeness (QED) is 0.902. The zero-order chi connectivity index (χ0) is 14.2. The highest BCUT2D eigenvalue weighted by Gasteiger charge is 2.36. The molecule has 1 aromatic carbocycles. The van der Waals surface area contributed by atoms with Crippen molar-refractivity contribution >= 4 is 0 Å². The molecule has 0 amide bonds. The van der Waals surface area contributed by atoms with Crippen molar-refractivity contribution in [2.24, 2.45) is 5.41 Å². The van der Waals surface area contributed by atoms with Crippen LogP contribution < -0.4 is 5.32 Å². The van der Waals surface area contributed by atoms with Crippen LogP contribution in [0.4, 0.5) is 0 Å². The third kappa shape index (κ3) is 2.63. The fourth-order valence-electron chi connectivity index (χ4n) is 2.63. The molecule has 0 unspecified atom stereocenters. The second-order valence-electron chi connectivity index (χ2n) is 6.31. The summed E-state index contributed by atoms with van der Waals surface area (Å²) in [5.74, 6) is 0. The lowest BCUT2D eigenvalue weighted by Gasteiger charge is -2.10. The Morgan fingerprint density at radius 2 is 1.90 bits per heavy atom. The Balaban J connectivity index is 1.76. The first kappa shape index (κ1) is 13.4. The molecule has 1 heterocycles. The van der Waals surface area contributed by atoms with E-state index in [1.165, 1.54) is 24.1 Å². The van der Waals surface area contributed by atoms with E-state index >= 15 is 0 Å². The van der Waals surface area contributed by atoms with Gasteiger partial charge in [0.15, 0.2) is 0 Å². The predicted octanol–water partition coefficient (Wildman–Crippen LogP) is 3.38. The van der Waals surface area contributed by atoms with E-state index in [1.807, 2.05) is 10.7 Å². The minimum absolute atomic E-state index is 0.553. The van der Waals surface area contributed by atoms with Crippen LogP contribution in [-0.2, 0) is 6.54 Å². The van der Waals surface area contributed by atoms with Gasteiger partial charge >= 0.3 is 0 Å². The Morgan fingerprint density at radius 1 is 1.20 bits per heavy atom. The average molecular weight is 269 g/mol. The van der Waals surface area contributed by atoms with E-state index in [9.17, 15) is 0 Å². The third-order valence-electron chi connectivity index (χ3n) is 4.40. The van der Waals surface area contributed by atoms with Crippen LogP contribution in [0.5, 0.6) is 0 Å². The normalized spacial score (nSPS) is 16.4. The van der Waals surface area contributed by atoms with E-state index < -0.39 is 0 Å². The van der Waals surface area contributed by atoms with Crippen molar-refractivity contribution in [2.45, 2.75) is 40.2 Å². The van der Waals surface area contributed by atoms with E-state index in [1.54, 1.807) is 0 Å². The minimum atomic E-state index is 0.553. The molecule has 20 heavy (non-hydrogen) atoms. The Kier molecular flexibility index (Phi) is 3.38. The van der Waals surface area contributed by atoms with Gasteiger partial charge in [0.05, 0.1) is 11.4 Å². The Hall–Kier alpha value is -1.61. The molecule has 3 heteroatoms. The smallest absolute Gasteiger partial charge is 0.0648 e. The number of nitrogens with one attached hydrogen (secondary N) is 1. The summed E-state index contributed by atoms with van der Waals surface area (Å²) in [4.78, 5) is 0. The zero-order valence-corrected chi connectivity index (χ0v) is 12.6. The highest BCUT2D eigenvalue weighted by atomic mass is 15.3. The van der Waals surface area contributed by atoms with Crippen molar-refractivity contribution in [3.63, 3.8) is 0 Å². The molecular weight excluding hydrogens is 246 g/mol. The van der Waals surface area contributed by atoms with Crippen molar-refractivity contribution < 1.29 is 0 Å². The molecule has 1 aromatic heterocycles. The van der Waals surface area contributed by atoms with Crippen LogP contribution in [0.15, 0.2) is 30.3 Å². The van der Waals surface area contributed by atoms with E-state index in [-0.39, 0.29) is 0 Å². The summed E-state index contributed by atoms with van der Waals surface area (Å²) >= 11 is 0. The van der Waals surface area contributed by atoms with Gasteiger partial charge in [-0.15, -0.1) is 0 Å². The zero-order valence-electron chi connectivity index (χ0n) is 12.6. The maximum absolute atomic E-state index is 4.69. The number of para-hydroxylation sites is 1. The molecule has 3 rings (SSSR count). The highest BCUT2D eigenvalue weighted by Crippen LogP contribution is 2.44. The van der Waals surface area contributed by atoms with Crippen LogP contribution in [0.3, 0.4) is 0 Å². The summed E-state index contributed by atoms with van der Waals surface area (Å²) in [6, 6.07) is 10.3. The summed E-state index contributed by atoms with van der Waals surface area (Å²) in [6.07, 6.45) is 2.72. The van der Waals surface area contributed by atoms with E-state index in [0.29, 0.717) is 5.41 Å². The lowest BCUT2D eigenvalue weighted by Crippen LogP contribution is -2.22. The maximum atomic E-state index is 4.69. The van der Waals surface area contributed by atoms with E-state index in [0.717, 1.165) is 24.5 Å². The first-order chi connectivity index (χ1) is 9.59. The molecule has 0 atom stereocenters. The summed E-state index contributed by atoms with van der Waals surface area (Å²) in [5, 5.41) is 8.29. The molecule has 3 nitrogen and oxygen atoms in total. The number of nitrogens with zero attached hydrogens (tertiary/aromatic N) is 2. The van der Waals surface area contributed by atoms with Crippen molar-refractivity contribution in [1.29, 1.82) is 0 Å². The molecule has 2 aromatic rings. The SMILES string of the molecule is Cc1nn(-c2ccccc2)c(C)c1CNCC1(C)CC1. The van der Waals surface area contributed by atoms with Gasteiger partial charge < -0.3 is 5.32 Å². The molecule has 1 aliphatic carbocycles. The van der Waals surface area contributed by atoms with Crippen molar-refractivity contribution in [3.05, 3.63) is 47.3 Å². The van der Waals surface area contributed by atoms with Gasteiger partial charge in [-0.25, -0.2) is 4.68 Å². The molecule has 1 saturated carbocycles. The summed E-state index contributed by atoms with van der Waals surface area (Å²) < 4.78 is 2.05. The van der Waals surface area contributed by atoms with Gasteiger partial charge in [-0.05, 0) is 44.2 Å². The fraction of sp³-hybridized carbons (Fsp3) is 0.471. The van der Waals surface area contributed by atoms with E-state index in [2.05, 4.69) is 55.5 Å². The number of aryl methyl sites for hydroxylation is 1. The van der Waals surface area contributed by atoms with Crippen LogP contribution in [0, 0.1) is 19.3 Å². The number of rotatable bonds is 5. The minimum Gasteiger partial charge on any atom is -0.312 e. The molecule has 106 valence electrons. The maximum Gasteiger partial charge on any atom is 0.0648 e. The van der Waals surface area contributed by atoms with E-state index in [4.69, 9.17) is 0 Å². The van der Waals surface area contributed by atoms with Gasteiger partial charge in [-0.1, -0.05) is 25.1 Å². The van der Waals surface area contributed by atoms with Crippen LogP contribution in [-0.4, -0.2) is 16.3 Å². The molecule has 1 N–H and O–H groups in total. The largest absolute Gasteiger partial charge is 0.312 e. The molecule has 0 bridgehead atoms. The Labute approximate surface area is 121 Å². The first-order valence-electron chi connectivity index (χ1n) is 7.40. The lowest BCUT2D eigenvalue weighted by molar-refractivity contribution is 0.498. The van der Waals surface area contributed by atoms with Gasteiger partial charge in [-0.2, -0.15) is 5.10 Å². The molecule has 0 aliphatic heterocycles. The second-order valence-corrected chi connectivity index (χ2v) is 6.31. The van der Waals surface area contributed by atoms with Gasteiger partial charge in [0.25, 0.3) is 0 Å². The lowest BCUT2D eigenvalue weighted by atomic mass is 10.1. The molecule has 0 saturated heterocycles. The van der Waals surface area contributed by atoms with Crippen LogP contribution in [0.25, 0.3) is 5.69 Å². The first-order valence-corrected chi connectivity index (χ1v) is 7.40. The van der Waals surface area contributed by atoms with Crippen LogP contribution in [0.1, 0.15) is 36.7 Å². The number of aromatic nitrogens is 2. The molecule has 0 spiro atoms. The van der Waals surface area contributed by atoms with Gasteiger partial charge in [0.2, 0.25) is 0 Å². The Bertz CT molecular complexity index is 594. The van der Waals surface area contributed by atoms with Gasteiger partial charge in [-0.3, -0.25) is 0 Å². The van der Waals surface area contributed by atoms with Crippen molar-refractivity contribution in [3.8, 4) is 5.69 Å². The molecule has 1 fully saturated rings. The van der Waals surface area contributed by atoms with Crippen molar-refractivity contribution in [1.82, 2.24) is 15.1 Å². The van der Waals surface area contributed by atoms with Gasteiger partial charge in [0.1, 0.15) is 0 Å². The second kappa shape index (κ2) is 5.06. The summed E-state index contributed by atoms with van der Waals surface area (Å²) in [5.41, 5.74) is 5.38. The number of benzene rings is 1. The predicted molar refractivity (Wildman–Crippen MR) is 82.1 cm³/mol.